The Kier molecular flexibility index (Phi) is 7.87. The Morgan fingerprint density at radius 1 is 1.04 bits per heavy atom. The van der Waals surface area contributed by atoms with Gasteiger partial charge in [0.15, 0.2) is 5.78 Å². The van der Waals surface area contributed by atoms with Crippen LogP contribution in [0.5, 0.6) is 17.2 Å². The highest BCUT2D eigenvalue weighted by molar-refractivity contribution is 5.97. The molecule has 6 nitrogen and oxygen atoms in total. The van der Waals surface area contributed by atoms with Crippen LogP contribution in [0.4, 0.5) is 0 Å². The van der Waals surface area contributed by atoms with E-state index in [0.717, 1.165) is 6.42 Å². The molecular weight excluding hydrogens is 360 g/mol. The van der Waals surface area contributed by atoms with Crippen molar-refractivity contribution in [3.63, 3.8) is 0 Å². The molecule has 0 aliphatic heterocycles. The lowest BCUT2D eigenvalue weighted by Gasteiger charge is -2.15. The van der Waals surface area contributed by atoms with E-state index in [4.69, 9.17) is 14.2 Å². The van der Waals surface area contributed by atoms with Gasteiger partial charge in [0, 0.05) is 5.56 Å². The van der Waals surface area contributed by atoms with E-state index in [2.05, 4.69) is 0 Å². The van der Waals surface area contributed by atoms with E-state index in [1.807, 2.05) is 6.92 Å². The van der Waals surface area contributed by atoms with Gasteiger partial charge in [0.2, 0.25) is 0 Å². The van der Waals surface area contributed by atoms with Crippen molar-refractivity contribution in [2.24, 2.45) is 0 Å². The molecule has 0 saturated heterocycles. The minimum atomic E-state index is -0.394. The van der Waals surface area contributed by atoms with E-state index in [9.17, 15) is 14.7 Å². The summed E-state index contributed by atoms with van der Waals surface area (Å²) in [6, 6.07) is 10.0. The van der Waals surface area contributed by atoms with Crippen LogP contribution < -0.4 is 9.47 Å². The average molecular weight is 386 g/mol. The van der Waals surface area contributed by atoms with Crippen molar-refractivity contribution < 1.29 is 28.9 Å². The van der Waals surface area contributed by atoms with Gasteiger partial charge in [0.25, 0.3) is 0 Å². The number of phenolic OH excluding ortho intramolecular Hbond substituents is 1. The van der Waals surface area contributed by atoms with Gasteiger partial charge in [-0.25, -0.2) is 4.79 Å². The highest BCUT2D eigenvalue weighted by Gasteiger charge is 2.16. The van der Waals surface area contributed by atoms with Crippen molar-refractivity contribution in [1.82, 2.24) is 0 Å². The molecule has 0 radical (unpaired) electrons. The topological polar surface area (TPSA) is 82.1 Å². The molecule has 0 aliphatic carbocycles. The Bertz CT molecular complexity index is 828. The van der Waals surface area contributed by atoms with Crippen LogP contribution in [0.15, 0.2) is 36.4 Å². The number of aromatic hydroxyl groups is 1. The molecule has 0 unspecified atom stereocenters. The number of hydrogen-bond acceptors (Lipinski definition) is 6. The summed E-state index contributed by atoms with van der Waals surface area (Å²) in [7, 11) is 0. The van der Waals surface area contributed by atoms with Crippen LogP contribution >= 0.6 is 0 Å². The number of ketones is 1. The van der Waals surface area contributed by atoms with E-state index < -0.39 is 5.97 Å². The molecule has 150 valence electrons. The van der Waals surface area contributed by atoms with Crippen molar-refractivity contribution in [2.45, 2.75) is 33.6 Å². The van der Waals surface area contributed by atoms with Gasteiger partial charge >= 0.3 is 5.97 Å². The SMILES string of the molecule is CCCc1c(OCCOc2cccc(C(=O)OCC)c2)ccc(C(C)=O)c1O. The quantitative estimate of drug-likeness (QED) is 0.375. The zero-order valence-corrected chi connectivity index (χ0v) is 16.5. The van der Waals surface area contributed by atoms with Crippen LogP contribution in [-0.4, -0.2) is 36.7 Å². The van der Waals surface area contributed by atoms with Gasteiger partial charge in [0.1, 0.15) is 30.5 Å². The summed E-state index contributed by atoms with van der Waals surface area (Å²) in [6.45, 7) is 5.98. The molecule has 0 saturated carbocycles. The molecule has 2 rings (SSSR count). The summed E-state index contributed by atoms with van der Waals surface area (Å²) in [5.74, 6) is 0.474. The predicted octanol–water partition coefficient (Wildman–Crippen LogP) is 4.18. The lowest BCUT2D eigenvalue weighted by atomic mass is 10.0. The summed E-state index contributed by atoms with van der Waals surface area (Å²) in [4.78, 5) is 23.4. The zero-order valence-electron chi connectivity index (χ0n) is 16.5. The number of carbonyl (C=O) groups excluding carboxylic acids is 2. The van der Waals surface area contributed by atoms with Crippen LogP contribution in [0.1, 0.15) is 53.5 Å². The molecule has 6 heteroatoms. The molecule has 0 bridgehead atoms. The fraction of sp³-hybridized carbons (Fsp3) is 0.364. The Morgan fingerprint density at radius 2 is 1.79 bits per heavy atom. The van der Waals surface area contributed by atoms with Crippen molar-refractivity contribution >= 4 is 11.8 Å². The van der Waals surface area contributed by atoms with Crippen LogP contribution in [0, 0.1) is 0 Å². The molecule has 0 fully saturated rings. The Balaban J connectivity index is 1.98. The van der Waals surface area contributed by atoms with Crippen molar-refractivity contribution in [3.05, 3.63) is 53.1 Å². The van der Waals surface area contributed by atoms with Gasteiger partial charge < -0.3 is 19.3 Å². The summed E-state index contributed by atoms with van der Waals surface area (Å²) < 4.78 is 16.4. The highest BCUT2D eigenvalue weighted by atomic mass is 16.5. The fourth-order valence-corrected chi connectivity index (χ4v) is 2.77. The number of rotatable bonds is 10. The first-order valence-electron chi connectivity index (χ1n) is 9.36. The third kappa shape index (κ3) is 5.49. The predicted molar refractivity (Wildman–Crippen MR) is 105 cm³/mol. The molecule has 0 aliphatic rings. The summed E-state index contributed by atoms with van der Waals surface area (Å²) in [5.41, 5.74) is 1.34. The maximum atomic E-state index is 11.8. The van der Waals surface area contributed by atoms with Crippen LogP contribution in [0.2, 0.25) is 0 Å². The van der Waals surface area contributed by atoms with E-state index in [-0.39, 0.29) is 24.7 Å². The van der Waals surface area contributed by atoms with E-state index in [1.165, 1.54) is 6.92 Å². The van der Waals surface area contributed by atoms with E-state index in [0.29, 0.717) is 41.2 Å². The number of ether oxygens (including phenoxy) is 3. The van der Waals surface area contributed by atoms with Gasteiger partial charge in [-0.05, 0) is 50.6 Å². The monoisotopic (exact) mass is 386 g/mol. The molecule has 0 aromatic heterocycles. The van der Waals surface area contributed by atoms with Crippen LogP contribution in [0.25, 0.3) is 0 Å². The van der Waals surface area contributed by atoms with Gasteiger partial charge in [-0.3, -0.25) is 4.79 Å². The number of esters is 1. The fourth-order valence-electron chi connectivity index (χ4n) is 2.77. The summed E-state index contributed by atoms with van der Waals surface area (Å²) in [6.07, 6.45) is 1.41. The lowest BCUT2D eigenvalue weighted by Crippen LogP contribution is -2.11. The van der Waals surface area contributed by atoms with Crippen molar-refractivity contribution in [1.29, 1.82) is 0 Å². The third-order valence-electron chi connectivity index (χ3n) is 4.07. The van der Waals surface area contributed by atoms with Gasteiger partial charge in [-0.15, -0.1) is 0 Å². The smallest absolute Gasteiger partial charge is 0.338 e. The summed E-state index contributed by atoms with van der Waals surface area (Å²) >= 11 is 0. The van der Waals surface area contributed by atoms with Crippen molar-refractivity contribution in [2.75, 3.05) is 19.8 Å². The number of benzene rings is 2. The van der Waals surface area contributed by atoms with Crippen LogP contribution in [-0.2, 0) is 11.2 Å². The minimum Gasteiger partial charge on any atom is -0.507 e. The molecule has 0 spiro atoms. The maximum Gasteiger partial charge on any atom is 0.338 e. The highest BCUT2D eigenvalue weighted by Crippen LogP contribution is 2.33. The number of phenols is 1. The Morgan fingerprint density at radius 3 is 2.46 bits per heavy atom. The molecule has 28 heavy (non-hydrogen) atoms. The maximum absolute atomic E-state index is 11.8. The number of carbonyl (C=O) groups is 2. The standard InChI is InChI=1S/C22H26O6/c1-4-7-19-20(11-10-18(15(3)23)21(19)24)28-13-12-27-17-9-6-8-16(14-17)22(25)26-5-2/h6,8-11,14,24H,4-5,7,12-13H2,1-3H3. The number of Topliss-reactive ketones (excluding diaryl/α,β-unsaturated/α-hetero) is 1. The molecule has 0 amide bonds. The minimum absolute atomic E-state index is 0.0186. The number of hydrogen-bond donors (Lipinski definition) is 1. The molecular formula is C22H26O6. The third-order valence-corrected chi connectivity index (χ3v) is 4.07. The van der Waals surface area contributed by atoms with Crippen molar-refractivity contribution in [3.8, 4) is 17.2 Å². The second-order valence-electron chi connectivity index (χ2n) is 6.19. The van der Waals surface area contributed by atoms with Gasteiger partial charge in [0.05, 0.1) is 17.7 Å². The van der Waals surface area contributed by atoms with Crippen LogP contribution in [0.3, 0.4) is 0 Å². The average Bonchev–Trinajstić information content (AvgIpc) is 2.68. The second kappa shape index (κ2) is 10.3. The van der Waals surface area contributed by atoms with Gasteiger partial charge in [-0.1, -0.05) is 19.4 Å². The first-order valence-corrected chi connectivity index (χ1v) is 9.36. The van der Waals surface area contributed by atoms with E-state index in [1.54, 1.807) is 43.3 Å². The molecule has 0 heterocycles. The molecule has 2 aromatic carbocycles. The second-order valence-corrected chi connectivity index (χ2v) is 6.19. The Hall–Kier alpha value is -3.02. The molecule has 1 N–H and O–H groups in total. The molecule has 0 atom stereocenters. The summed E-state index contributed by atoms with van der Waals surface area (Å²) in [5, 5.41) is 10.4. The lowest BCUT2D eigenvalue weighted by molar-refractivity contribution is 0.0525. The van der Waals surface area contributed by atoms with Gasteiger partial charge in [-0.2, -0.15) is 0 Å². The Labute approximate surface area is 165 Å². The largest absolute Gasteiger partial charge is 0.507 e. The first kappa shape index (κ1) is 21.3. The van der Waals surface area contributed by atoms with E-state index >= 15 is 0 Å². The zero-order chi connectivity index (χ0) is 20.5. The normalized spacial score (nSPS) is 10.4. The first-order chi connectivity index (χ1) is 13.5. The molecule has 2 aromatic rings.